The molecule has 0 unspecified atom stereocenters. The van der Waals surface area contributed by atoms with Crippen molar-refractivity contribution < 1.29 is 4.79 Å². The maximum Gasteiger partial charge on any atom is 0.252 e. The van der Waals surface area contributed by atoms with Crippen molar-refractivity contribution >= 4 is 40.7 Å². The van der Waals surface area contributed by atoms with Crippen LogP contribution in [-0.4, -0.2) is 12.5 Å². The van der Waals surface area contributed by atoms with E-state index in [0.29, 0.717) is 27.2 Å². The first-order valence-corrected chi connectivity index (χ1v) is 7.17. The van der Waals surface area contributed by atoms with Crippen molar-refractivity contribution in [2.24, 2.45) is 0 Å². The lowest BCUT2D eigenvalue weighted by molar-refractivity contribution is 0.0954. The summed E-state index contributed by atoms with van der Waals surface area (Å²) in [5.41, 5.74) is 1.49. The molecule has 2 aromatic carbocycles. The van der Waals surface area contributed by atoms with Crippen LogP contribution in [0, 0.1) is 0 Å². The monoisotopic (exact) mass is 327 g/mol. The second-order valence-electron chi connectivity index (χ2n) is 4.26. The molecule has 0 aliphatic rings. The van der Waals surface area contributed by atoms with Crippen molar-refractivity contribution in [1.29, 1.82) is 0 Å². The molecule has 2 aromatic rings. The smallest absolute Gasteiger partial charge is 0.252 e. The average Bonchev–Trinajstić information content (AvgIpc) is 2.43. The fourth-order valence-corrected chi connectivity index (χ4v) is 2.24. The summed E-state index contributed by atoms with van der Waals surface area (Å²) in [5.74, 6) is -0.230. The Morgan fingerprint density at radius 1 is 0.950 bits per heavy atom. The number of amides is 1. The Kier molecular flexibility index (Phi) is 5.30. The second-order valence-corrected chi connectivity index (χ2v) is 5.54. The molecule has 0 aliphatic heterocycles. The van der Waals surface area contributed by atoms with Crippen LogP contribution in [0.4, 0.5) is 0 Å². The van der Waals surface area contributed by atoms with Gasteiger partial charge in [0.25, 0.3) is 5.91 Å². The minimum atomic E-state index is -0.230. The molecule has 0 spiro atoms. The molecule has 0 aromatic heterocycles. The number of rotatable bonds is 4. The highest BCUT2D eigenvalue weighted by atomic mass is 35.5. The van der Waals surface area contributed by atoms with Gasteiger partial charge in [0.1, 0.15) is 0 Å². The van der Waals surface area contributed by atoms with Gasteiger partial charge in [-0.25, -0.2) is 0 Å². The lowest BCUT2D eigenvalue weighted by Crippen LogP contribution is -2.25. The van der Waals surface area contributed by atoms with Gasteiger partial charge in [-0.05, 0) is 42.3 Å². The minimum absolute atomic E-state index is 0.230. The van der Waals surface area contributed by atoms with Gasteiger partial charge in [0.15, 0.2) is 0 Å². The summed E-state index contributed by atoms with van der Waals surface area (Å²) >= 11 is 17.6. The molecule has 0 saturated heterocycles. The highest BCUT2D eigenvalue weighted by molar-refractivity contribution is 6.35. The predicted octanol–water partition coefficient (Wildman–Crippen LogP) is 4.62. The highest BCUT2D eigenvalue weighted by Crippen LogP contribution is 2.20. The van der Waals surface area contributed by atoms with E-state index in [1.807, 2.05) is 24.3 Å². The Labute approximate surface area is 132 Å². The van der Waals surface area contributed by atoms with Crippen LogP contribution in [0.2, 0.25) is 15.1 Å². The average molecular weight is 329 g/mol. The Balaban J connectivity index is 1.92. The molecule has 0 aliphatic carbocycles. The second kappa shape index (κ2) is 6.98. The normalized spacial score (nSPS) is 10.3. The van der Waals surface area contributed by atoms with Crippen LogP contribution in [0.5, 0.6) is 0 Å². The van der Waals surface area contributed by atoms with Crippen molar-refractivity contribution in [1.82, 2.24) is 5.32 Å². The molecule has 2 rings (SSSR count). The van der Waals surface area contributed by atoms with Crippen LogP contribution in [0.1, 0.15) is 15.9 Å². The van der Waals surface area contributed by atoms with Gasteiger partial charge in [0.2, 0.25) is 0 Å². The van der Waals surface area contributed by atoms with Gasteiger partial charge in [-0.15, -0.1) is 0 Å². The number of carbonyl (C=O) groups is 1. The van der Waals surface area contributed by atoms with Gasteiger partial charge in [-0.3, -0.25) is 4.79 Å². The molecular weight excluding hydrogens is 317 g/mol. The molecule has 104 valence electrons. The van der Waals surface area contributed by atoms with E-state index in [4.69, 9.17) is 34.8 Å². The molecule has 1 N–H and O–H groups in total. The van der Waals surface area contributed by atoms with Crippen LogP contribution in [-0.2, 0) is 6.42 Å². The van der Waals surface area contributed by atoms with Crippen LogP contribution in [0.25, 0.3) is 0 Å². The van der Waals surface area contributed by atoms with E-state index < -0.39 is 0 Å². The van der Waals surface area contributed by atoms with Gasteiger partial charge < -0.3 is 5.32 Å². The SMILES string of the molecule is O=C(NCCc1ccc(Cl)cc1)c1cc(Cl)ccc1Cl. The van der Waals surface area contributed by atoms with Crippen molar-refractivity contribution in [2.75, 3.05) is 6.54 Å². The number of hydrogen-bond acceptors (Lipinski definition) is 1. The van der Waals surface area contributed by atoms with Crippen LogP contribution >= 0.6 is 34.8 Å². The third kappa shape index (κ3) is 4.14. The van der Waals surface area contributed by atoms with Crippen LogP contribution in [0.15, 0.2) is 42.5 Å². The van der Waals surface area contributed by atoms with Gasteiger partial charge in [0, 0.05) is 16.6 Å². The zero-order chi connectivity index (χ0) is 14.5. The molecule has 2 nitrogen and oxygen atoms in total. The molecule has 0 fully saturated rings. The molecule has 0 heterocycles. The first-order chi connectivity index (χ1) is 9.56. The van der Waals surface area contributed by atoms with Crippen LogP contribution in [0.3, 0.4) is 0 Å². The van der Waals surface area contributed by atoms with E-state index in [2.05, 4.69) is 5.32 Å². The van der Waals surface area contributed by atoms with Crippen molar-refractivity contribution in [3.63, 3.8) is 0 Å². The topological polar surface area (TPSA) is 29.1 Å². The van der Waals surface area contributed by atoms with E-state index in [9.17, 15) is 4.79 Å². The fourth-order valence-electron chi connectivity index (χ4n) is 1.74. The molecule has 1 amide bonds. The van der Waals surface area contributed by atoms with E-state index in [-0.39, 0.29) is 5.91 Å². The summed E-state index contributed by atoms with van der Waals surface area (Å²) in [7, 11) is 0. The Hall–Kier alpha value is -1.22. The standard InChI is InChI=1S/C15H12Cl3NO/c16-11-3-1-10(2-4-11)7-8-19-15(20)13-9-12(17)5-6-14(13)18/h1-6,9H,7-8H2,(H,19,20). The van der Waals surface area contributed by atoms with Crippen molar-refractivity contribution in [3.8, 4) is 0 Å². The largest absolute Gasteiger partial charge is 0.352 e. The van der Waals surface area contributed by atoms with E-state index in [1.165, 1.54) is 0 Å². The molecule has 0 atom stereocenters. The maximum absolute atomic E-state index is 12.0. The molecule has 20 heavy (non-hydrogen) atoms. The lowest BCUT2D eigenvalue weighted by atomic mass is 10.1. The minimum Gasteiger partial charge on any atom is -0.352 e. The zero-order valence-electron chi connectivity index (χ0n) is 10.5. The third-order valence-electron chi connectivity index (χ3n) is 2.79. The van der Waals surface area contributed by atoms with E-state index in [0.717, 1.165) is 12.0 Å². The van der Waals surface area contributed by atoms with Crippen molar-refractivity contribution in [3.05, 3.63) is 68.7 Å². The van der Waals surface area contributed by atoms with Crippen molar-refractivity contribution in [2.45, 2.75) is 6.42 Å². The first kappa shape index (κ1) is 15.2. The molecule has 0 saturated carbocycles. The summed E-state index contributed by atoms with van der Waals surface area (Å²) in [6, 6.07) is 12.3. The third-order valence-corrected chi connectivity index (χ3v) is 3.60. The number of carbonyl (C=O) groups excluding carboxylic acids is 1. The quantitative estimate of drug-likeness (QED) is 0.872. The number of nitrogens with one attached hydrogen (secondary N) is 1. The summed E-state index contributed by atoms with van der Waals surface area (Å²) in [5, 5.41) is 4.38. The van der Waals surface area contributed by atoms with Gasteiger partial charge >= 0.3 is 0 Å². The van der Waals surface area contributed by atoms with Crippen LogP contribution < -0.4 is 5.32 Å². The summed E-state index contributed by atoms with van der Waals surface area (Å²) in [6.45, 7) is 0.517. The summed E-state index contributed by atoms with van der Waals surface area (Å²) in [6.07, 6.45) is 0.723. The zero-order valence-corrected chi connectivity index (χ0v) is 12.8. The molecule has 5 heteroatoms. The summed E-state index contributed by atoms with van der Waals surface area (Å²) < 4.78 is 0. The highest BCUT2D eigenvalue weighted by Gasteiger charge is 2.10. The van der Waals surface area contributed by atoms with Gasteiger partial charge in [-0.2, -0.15) is 0 Å². The van der Waals surface area contributed by atoms with E-state index in [1.54, 1.807) is 18.2 Å². The maximum atomic E-state index is 12.0. The Morgan fingerprint density at radius 3 is 2.30 bits per heavy atom. The molecule has 0 radical (unpaired) electrons. The summed E-state index contributed by atoms with van der Waals surface area (Å²) in [4.78, 5) is 12.0. The number of hydrogen-bond donors (Lipinski definition) is 1. The molecule has 0 bridgehead atoms. The van der Waals surface area contributed by atoms with E-state index >= 15 is 0 Å². The number of benzene rings is 2. The Morgan fingerprint density at radius 2 is 1.60 bits per heavy atom. The first-order valence-electron chi connectivity index (χ1n) is 6.04. The number of halogens is 3. The molecular formula is C15H12Cl3NO. The fraction of sp³-hybridized carbons (Fsp3) is 0.133. The van der Waals surface area contributed by atoms with Gasteiger partial charge in [-0.1, -0.05) is 46.9 Å². The van der Waals surface area contributed by atoms with Gasteiger partial charge in [0.05, 0.1) is 10.6 Å². The Bertz CT molecular complexity index is 611. The predicted molar refractivity (Wildman–Crippen MR) is 84.0 cm³/mol. The lowest BCUT2D eigenvalue weighted by Gasteiger charge is -2.07.